The number of hydrogen-bond donors (Lipinski definition) is 0. The third kappa shape index (κ3) is 4.53. The molecule has 0 bridgehead atoms. The molecule has 2 rings (SSSR count). The Morgan fingerprint density at radius 3 is 2.04 bits per heavy atom. The molecule has 6 heteroatoms. The molecule has 0 heterocycles. The standard InChI is InChI=1S/C20H21NO5/c1-13-4-6-15(7-5-13)18(12-14(2)22)19(20(23)26-3)16-8-10-17(11-9-16)21(24)25/h4-11,18-19H,12H2,1-3H3. The molecule has 0 aliphatic rings. The van der Waals surface area contributed by atoms with Crippen molar-refractivity contribution in [2.75, 3.05) is 7.11 Å². The fourth-order valence-electron chi connectivity index (χ4n) is 3.01. The number of nitro groups is 1. The van der Waals surface area contributed by atoms with Gasteiger partial charge in [-0.2, -0.15) is 0 Å². The zero-order valence-corrected chi connectivity index (χ0v) is 15.0. The first-order chi connectivity index (χ1) is 12.3. The summed E-state index contributed by atoms with van der Waals surface area (Å²) in [7, 11) is 1.29. The van der Waals surface area contributed by atoms with E-state index in [9.17, 15) is 19.7 Å². The molecule has 2 atom stereocenters. The highest BCUT2D eigenvalue weighted by molar-refractivity contribution is 5.83. The number of esters is 1. The van der Waals surface area contributed by atoms with Gasteiger partial charge in [0, 0.05) is 24.5 Å². The van der Waals surface area contributed by atoms with Crippen molar-refractivity contribution in [3.8, 4) is 0 Å². The smallest absolute Gasteiger partial charge is 0.313 e. The molecular weight excluding hydrogens is 334 g/mol. The topological polar surface area (TPSA) is 86.5 Å². The molecular formula is C20H21NO5. The second-order valence-corrected chi connectivity index (χ2v) is 6.27. The average Bonchev–Trinajstić information content (AvgIpc) is 2.61. The zero-order valence-electron chi connectivity index (χ0n) is 15.0. The lowest BCUT2D eigenvalue weighted by molar-refractivity contribution is -0.384. The molecule has 0 radical (unpaired) electrons. The minimum atomic E-state index is -0.729. The van der Waals surface area contributed by atoms with Crippen molar-refractivity contribution in [1.82, 2.24) is 0 Å². The van der Waals surface area contributed by atoms with Crippen LogP contribution in [0.1, 0.15) is 41.9 Å². The van der Waals surface area contributed by atoms with Crippen LogP contribution in [0.2, 0.25) is 0 Å². The van der Waals surface area contributed by atoms with Crippen LogP contribution in [-0.2, 0) is 14.3 Å². The second-order valence-electron chi connectivity index (χ2n) is 6.27. The molecule has 136 valence electrons. The van der Waals surface area contributed by atoms with Gasteiger partial charge in [0.15, 0.2) is 0 Å². The predicted molar refractivity (Wildman–Crippen MR) is 97.1 cm³/mol. The van der Waals surface area contributed by atoms with E-state index in [1.54, 1.807) is 12.1 Å². The van der Waals surface area contributed by atoms with Crippen molar-refractivity contribution in [2.24, 2.45) is 0 Å². The largest absolute Gasteiger partial charge is 0.469 e. The van der Waals surface area contributed by atoms with Crippen molar-refractivity contribution in [3.63, 3.8) is 0 Å². The highest BCUT2D eigenvalue weighted by Gasteiger charge is 2.33. The number of benzene rings is 2. The van der Waals surface area contributed by atoms with E-state index in [0.29, 0.717) is 5.56 Å². The van der Waals surface area contributed by atoms with Crippen LogP contribution in [0.4, 0.5) is 5.69 Å². The first-order valence-electron chi connectivity index (χ1n) is 8.21. The molecule has 0 aliphatic carbocycles. The highest BCUT2D eigenvalue weighted by atomic mass is 16.6. The lowest BCUT2D eigenvalue weighted by Gasteiger charge is -2.25. The van der Waals surface area contributed by atoms with Crippen LogP contribution in [-0.4, -0.2) is 23.8 Å². The summed E-state index contributed by atoms with van der Waals surface area (Å²) in [6.45, 7) is 3.43. The molecule has 0 aromatic heterocycles. The van der Waals surface area contributed by atoms with Crippen LogP contribution in [0.5, 0.6) is 0 Å². The average molecular weight is 355 g/mol. The predicted octanol–water partition coefficient (Wildman–Crippen LogP) is 3.92. The molecule has 0 spiro atoms. The Labute approximate surface area is 151 Å². The first kappa shape index (κ1) is 19.3. The van der Waals surface area contributed by atoms with Crippen LogP contribution in [0.25, 0.3) is 0 Å². The minimum Gasteiger partial charge on any atom is -0.469 e. The molecule has 2 aromatic rings. The monoisotopic (exact) mass is 355 g/mol. The van der Waals surface area contributed by atoms with Crippen LogP contribution in [0.15, 0.2) is 48.5 Å². The number of hydrogen-bond acceptors (Lipinski definition) is 5. The van der Waals surface area contributed by atoms with E-state index in [-0.39, 0.29) is 17.9 Å². The summed E-state index contributed by atoms with van der Waals surface area (Å²) in [4.78, 5) is 34.7. The van der Waals surface area contributed by atoms with Crippen molar-refractivity contribution >= 4 is 17.4 Å². The first-order valence-corrected chi connectivity index (χ1v) is 8.21. The van der Waals surface area contributed by atoms with Crippen LogP contribution in [0, 0.1) is 17.0 Å². The Hall–Kier alpha value is -3.02. The number of methoxy groups -OCH3 is 1. The Morgan fingerprint density at radius 2 is 1.58 bits per heavy atom. The number of carbonyl (C=O) groups is 2. The van der Waals surface area contributed by atoms with Crippen molar-refractivity contribution < 1.29 is 19.2 Å². The fraction of sp³-hybridized carbons (Fsp3) is 0.300. The van der Waals surface area contributed by atoms with Gasteiger partial charge in [-0.05, 0) is 25.0 Å². The number of non-ortho nitro benzene ring substituents is 1. The molecule has 0 saturated carbocycles. The van der Waals surface area contributed by atoms with E-state index in [2.05, 4.69) is 0 Å². The van der Waals surface area contributed by atoms with E-state index in [4.69, 9.17) is 4.74 Å². The van der Waals surface area contributed by atoms with Gasteiger partial charge in [0.05, 0.1) is 18.0 Å². The fourth-order valence-corrected chi connectivity index (χ4v) is 3.01. The van der Waals surface area contributed by atoms with Gasteiger partial charge in [0.2, 0.25) is 0 Å². The summed E-state index contributed by atoms with van der Waals surface area (Å²) < 4.78 is 4.97. The zero-order chi connectivity index (χ0) is 19.3. The number of nitro benzene ring substituents is 1. The minimum absolute atomic E-state index is 0.0496. The SMILES string of the molecule is COC(=O)C(c1ccc([N+](=O)[O-])cc1)C(CC(C)=O)c1ccc(C)cc1. The summed E-state index contributed by atoms with van der Waals surface area (Å²) in [6.07, 6.45) is 0.166. The maximum atomic E-state index is 12.5. The normalized spacial score (nSPS) is 12.9. The van der Waals surface area contributed by atoms with Crippen LogP contribution >= 0.6 is 0 Å². The Balaban J connectivity index is 2.52. The lowest BCUT2D eigenvalue weighted by atomic mass is 9.78. The maximum Gasteiger partial charge on any atom is 0.313 e. The van der Waals surface area contributed by atoms with Crippen LogP contribution in [0.3, 0.4) is 0 Å². The molecule has 0 fully saturated rings. The summed E-state index contributed by atoms with van der Waals surface area (Å²) >= 11 is 0. The molecule has 0 saturated heterocycles. The molecule has 0 aliphatic heterocycles. The number of ketones is 1. The highest BCUT2D eigenvalue weighted by Crippen LogP contribution is 2.37. The Morgan fingerprint density at radius 1 is 1.04 bits per heavy atom. The Bertz CT molecular complexity index is 796. The van der Waals surface area contributed by atoms with Crippen LogP contribution < -0.4 is 0 Å². The molecule has 2 aromatic carbocycles. The van der Waals surface area contributed by atoms with Gasteiger partial charge >= 0.3 is 5.97 Å². The van der Waals surface area contributed by atoms with Gasteiger partial charge in [-0.3, -0.25) is 14.9 Å². The van der Waals surface area contributed by atoms with Crippen molar-refractivity contribution in [2.45, 2.75) is 32.1 Å². The summed E-state index contributed by atoms with van der Waals surface area (Å²) in [5.74, 6) is -1.67. The van der Waals surface area contributed by atoms with Crippen molar-refractivity contribution in [1.29, 1.82) is 0 Å². The van der Waals surface area contributed by atoms with Gasteiger partial charge < -0.3 is 9.53 Å². The van der Waals surface area contributed by atoms with E-state index in [0.717, 1.165) is 11.1 Å². The summed E-state index contributed by atoms with van der Waals surface area (Å²) in [6, 6.07) is 13.4. The number of rotatable bonds is 7. The van der Waals surface area contributed by atoms with Gasteiger partial charge in [-0.25, -0.2) is 0 Å². The van der Waals surface area contributed by atoms with Gasteiger partial charge in [-0.1, -0.05) is 42.0 Å². The molecule has 2 unspecified atom stereocenters. The van der Waals surface area contributed by atoms with Crippen molar-refractivity contribution in [3.05, 3.63) is 75.3 Å². The van der Waals surface area contributed by atoms with E-state index >= 15 is 0 Å². The van der Waals surface area contributed by atoms with E-state index in [1.807, 2.05) is 31.2 Å². The van der Waals surface area contributed by atoms with Gasteiger partial charge in [-0.15, -0.1) is 0 Å². The molecule has 0 N–H and O–H groups in total. The van der Waals surface area contributed by atoms with Gasteiger partial charge in [0.1, 0.15) is 5.78 Å². The third-order valence-electron chi connectivity index (χ3n) is 4.33. The Kier molecular flexibility index (Phi) is 6.22. The van der Waals surface area contributed by atoms with Gasteiger partial charge in [0.25, 0.3) is 5.69 Å². The lowest BCUT2D eigenvalue weighted by Crippen LogP contribution is -2.23. The summed E-state index contributed by atoms with van der Waals surface area (Å²) in [5, 5.41) is 10.9. The second kappa shape index (κ2) is 8.38. The number of ether oxygens (including phenoxy) is 1. The third-order valence-corrected chi connectivity index (χ3v) is 4.33. The molecule has 6 nitrogen and oxygen atoms in total. The maximum absolute atomic E-state index is 12.5. The molecule has 26 heavy (non-hydrogen) atoms. The number of nitrogens with zero attached hydrogens (tertiary/aromatic N) is 1. The number of aryl methyl sites for hydroxylation is 1. The van der Waals surface area contributed by atoms with E-state index < -0.39 is 22.7 Å². The molecule has 0 amide bonds. The summed E-state index contributed by atoms with van der Waals surface area (Å²) in [5.41, 5.74) is 2.44. The van der Waals surface area contributed by atoms with E-state index in [1.165, 1.54) is 26.2 Å². The number of Topliss-reactive ketones (excluding diaryl/α,β-unsaturated/α-hetero) is 1. The quantitative estimate of drug-likeness (QED) is 0.427. The number of carbonyl (C=O) groups excluding carboxylic acids is 2.